The van der Waals surface area contributed by atoms with Crippen LogP contribution in [0.25, 0.3) is 11.1 Å². The number of hydrogen-bond acceptors (Lipinski definition) is 28. The summed E-state index contributed by atoms with van der Waals surface area (Å²) in [6.07, 6.45) is 2.21. The van der Waals surface area contributed by atoms with Gasteiger partial charge in [0.2, 0.25) is 59.1 Å². The van der Waals surface area contributed by atoms with Crippen LogP contribution in [-0.2, 0) is 129 Å². The van der Waals surface area contributed by atoms with Gasteiger partial charge >= 0.3 is 53.8 Å². The van der Waals surface area contributed by atoms with E-state index < -0.39 is 226 Å². The largest absolute Gasteiger partial charge is 0.466 e. The van der Waals surface area contributed by atoms with E-state index in [9.17, 15) is 86.3 Å². The summed E-state index contributed by atoms with van der Waals surface area (Å²) in [7, 11) is 0. The summed E-state index contributed by atoms with van der Waals surface area (Å²) in [5.41, 5.74) is 3.31. The zero-order valence-corrected chi connectivity index (χ0v) is 76.1. The molecule has 7 unspecified atom stereocenters. The number of esters is 8. The third kappa shape index (κ3) is 47.7. The molecule has 0 heterocycles. The number of fused-ring (bicyclic) bond motifs is 3. The summed E-state index contributed by atoms with van der Waals surface area (Å²) in [6, 6.07) is 3.65. The van der Waals surface area contributed by atoms with Crippen LogP contribution in [0.3, 0.4) is 0 Å². The second-order valence-electron chi connectivity index (χ2n) is 30.8. The molecule has 2 aromatic rings. The van der Waals surface area contributed by atoms with Crippen LogP contribution < -0.4 is 58.5 Å². The van der Waals surface area contributed by atoms with E-state index >= 15 is 4.79 Å². The van der Waals surface area contributed by atoms with Crippen LogP contribution in [0, 0.1) is 0 Å². The van der Waals surface area contributed by atoms with Crippen LogP contribution >= 0.6 is 0 Å². The molecule has 0 spiro atoms. The molecule has 0 saturated carbocycles. The molecule has 0 bridgehead atoms. The molecule has 0 aliphatic heterocycles. The van der Waals surface area contributed by atoms with Gasteiger partial charge in [0.15, 0.2) is 0 Å². The number of alkyl carbamates (subject to hydrolysis) is 1. The lowest BCUT2D eigenvalue weighted by Gasteiger charge is -2.24. The predicted molar refractivity (Wildman–Crippen MR) is 467 cm³/mol. The maximum absolute atomic E-state index is 15.1. The lowest BCUT2D eigenvalue weighted by molar-refractivity contribution is -0.150. The molecule has 129 heavy (non-hydrogen) atoms. The number of unbranched alkanes of at least 4 members (excludes halogenated alkanes) is 8. The first kappa shape index (κ1) is 111. The first-order valence-corrected chi connectivity index (χ1v) is 45.3. The van der Waals surface area contributed by atoms with E-state index in [1.165, 1.54) is 0 Å². The van der Waals surface area contributed by atoms with Gasteiger partial charge in [-0.3, -0.25) is 67.1 Å². The highest BCUT2D eigenvalue weighted by molar-refractivity contribution is 5.97. The van der Waals surface area contributed by atoms with Gasteiger partial charge in [-0.1, -0.05) is 155 Å². The van der Waals surface area contributed by atoms with Crippen molar-refractivity contribution >= 4 is 113 Å². The summed E-state index contributed by atoms with van der Waals surface area (Å²) in [4.78, 5) is 259. The van der Waals surface area contributed by atoms with Crippen molar-refractivity contribution in [3.05, 3.63) is 59.7 Å². The summed E-state index contributed by atoms with van der Waals surface area (Å²) in [5, 5.41) is 26.7. The van der Waals surface area contributed by atoms with Crippen LogP contribution in [0.4, 0.5) is 4.79 Å². The molecule has 7 atom stereocenters. The highest BCUT2D eigenvalue weighted by atomic mass is 16.6. The average Bonchev–Trinajstić information content (AvgIpc) is 1.61. The van der Waals surface area contributed by atoms with E-state index in [0.717, 1.165) is 47.9 Å². The molecular formula is C90H137N11O28. The zero-order valence-electron chi connectivity index (χ0n) is 76.1. The molecule has 0 fully saturated rings. The van der Waals surface area contributed by atoms with Crippen molar-refractivity contribution in [1.29, 1.82) is 0 Å². The van der Waals surface area contributed by atoms with Crippen molar-refractivity contribution in [1.82, 2.24) is 58.5 Å². The van der Waals surface area contributed by atoms with Crippen LogP contribution in [0.1, 0.15) is 265 Å². The fourth-order valence-corrected chi connectivity index (χ4v) is 12.4. The molecule has 720 valence electrons. The van der Waals surface area contributed by atoms with E-state index in [4.69, 9.17) is 42.6 Å². The molecule has 39 heteroatoms. The summed E-state index contributed by atoms with van der Waals surface area (Å²) >= 11 is 0. The van der Waals surface area contributed by atoms with E-state index in [1.807, 2.05) is 91.8 Å². The normalized spacial score (nSPS) is 12.8. The zero-order chi connectivity index (χ0) is 95.1. The number of carbonyl (C=O) groups is 19. The maximum Gasteiger partial charge on any atom is 0.407 e. The molecule has 0 aromatic heterocycles. The third-order valence-electron chi connectivity index (χ3n) is 20.0. The quantitative estimate of drug-likeness (QED) is 0.0222. The van der Waals surface area contributed by atoms with Gasteiger partial charge in [0.1, 0.15) is 48.9 Å². The topological polar surface area (TPSA) is 540 Å². The summed E-state index contributed by atoms with van der Waals surface area (Å²) < 4.78 is 48.2. The highest BCUT2D eigenvalue weighted by Crippen LogP contribution is 2.44. The lowest BCUT2D eigenvalue weighted by Crippen LogP contribution is -2.55. The number of hydrogen-bond donors (Lipinski definition) is 11. The van der Waals surface area contributed by atoms with Crippen LogP contribution in [0.5, 0.6) is 0 Å². The van der Waals surface area contributed by atoms with Crippen LogP contribution in [0.15, 0.2) is 48.5 Å². The fourth-order valence-electron chi connectivity index (χ4n) is 12.4. The minimum atomic E-state index is -1.90. The molecule has 0 saturated heterocycles. The van der Waals surface area contributed by atoms with Crippen molar-refractivity contribution in [3.8, 4) is 11.1 Å². The first-order chi connectivity index (χ1) is 62.0. The van der Waals surface area contributed by atoms with Crippen molar-refractivity contribution in [2.45, 2.75) is 296 Å². The second kappa shape index (κ2) is 66.5. The van der Waals surface area contributed by atoms with Crippen molar-refractivity contribution in [2.75, 3.05) is 85.6 Å². The second-order valence-corrected chi connectivity index (χ2v) is 30.8. The predicted octanol–water partition coefficient (Wildman–Crippen LogP) is 5.48. The van der Waals surface area contributed by atoms with Crippen LogP contribution in [-0.4, -0.2) is 241 Å². The minimum absolute atomic E-state index is 0.00525. The Morgan fingerprint density at radius 3 is 0.806 bits per heavy atom. The van der Waals surface area contributed by atoms with Crippen molar-refractivity contribution in [3.63, 3.8) is 0 Å². The Balaban J connectivity index is 2.13. The van der Waals surface area contributed by atoms with Gasteiger partial charge in [-0.15, -0.1) is 0 Å². The molecule has 39 nitrogen and oxygen atoms in total. The lowest BCUT2D eigenvalue weighted by atomic mass is 9.98. The van der Waals surface area contributed by atoms with E-state index in [1.54, 1.807) is 12.1 Å². The Hall–Kier alpha value is -11.8. The van der Waals surface area contributed by atoms with Gasteiger partial charge in [0.25, 0.3) is 0 Å². The van der Waals surface area contributed by atoms with E-state index in [0.29, 0.717) is 77.0 Å². The van der Waals surface area contributed by atoms with Gasteiger partial charge in [-0.25, -0.2) is 24.0 Å². The number of benzene rings is 2. The smallest absolute Gasteiger partial charge is 0.407 e. The Morgan fingerprint density at radius 1 is 0.256 bits per heavy atom. The molecule has 1 aliphatic carbocycles. The number of rotatable bonds is 69. The van der Waals surface area contributed by atoms with E-state index in [2.05, 4.69) is 58.5 Å². The van der Waals surface area contributed by atoms with Gasteiger partial charge < -0.3 is 101 Å². The number of nitrogens with one attached hydrogen (secondary N) is 11. The average molecular weight is 1820 g/mol. The Kier molecular flexibility index (Phi) is 57.4. The molecule has 11 N–H and O–H groups in total. The molecule has 0 radical (unpaired) electrons. The SMILES string of the molecule is CCCCOC(=O)CCC(NC(=O)CNC(=O)CCC(NC(=O)CCC(NC(=O)OCC1c2ccccc2-c2ccccc21)C(=O)NC(CCC(=O)NCC(=O)NC(CCC(=O)OCCCC)C(=O)OCCCC)C(=O)NCC(=O)NC(CCC(=O)OCCCC)C(=O)OCCCC)C(=O)NCC(=O)NC(CCC(=O)OCCCC)C(=O)OCCCC)C(=O)OCCCC. The van der Waals surface area contributed by atoms with Gasteiger partial charge in [0, 0.05) is 50.9 Å². The molecule has 3 rings (SSSR count). The Labute approximate surface area is 754 Å². The van der Waals surface area contributed by atoms with Gasteiger partial charge in [-0.05, 0) is 119 Å². The van der Waals surface area contributed by atoms with Gasteiger partial charge in [-0.2, -0.15) is 0 Å². The number of amides is 11. The summed E-state index contributed by atoms with van der Waals surface area (Å²) in [5.74, 6) is -16.8. The standard InChI is InChI=1S/C90H137N11O28/c1-9-17-47-121-79(109)43-36-68(86(116)125-51-21-13-5)96-75(105)55-91-72(102)40-33-65(83(113)93-57-77(107)98-70(88(118)127-53-23-15-7)38-45-81(111)123-49-19-11-3)95-74(104)42-35-67(101-90(120)129-59-64-62-31-27-25-29-60(62)61-30-26-28-32-63(61)64)85(115)100-66(84(114)94-58-78(108)99-71(89(119)128-54-24-16-8)39-46-82(112)124-50-20-12-4)34-41-73(103)92-56-76(106)97-69(87(117)126-52-22-14-6)37-44-80(110)122-48-18-10-2/h25-32,64-71H,9-24,33-59H2,1-8H3,(H,91,102)(H,92,103)(H,93,113)(H,94,114)(H,95,104)(H,96,105)(H,97,106)(H,98,107)(H,99,108)(H,100,115)(H,101,120). The Bertz CT molecular complexity index is 3870. The monoisotopic (exact) mass is 1820 g/mol. The van der Waals surface area contributed by atoms with Crippen molar-refractivity contribution < 1.29 is 134 Å². The number of ether oxygens (including phenoxy) is 9. The maximum atomic E-state index is 15.1. The fraction of sp³-hybridized carbons (Fsp3) is 0.656. The molecular weight excluding hydrogens is 1680 g/mol. The third-order valence-corrected chi connectivity index (χ3v) is 20.0. The molecule has 2 aromatic carbocycles. The van der Waals surface area contributed by atoms with Gasteiger partial charge in [0.05, 0.1) is 79.0 Å². The van der Waals surface area contributed by atoms with Crippen molar-refractivity contribution in [2.24, 2.45) is 0 Å². The summed E-state index contributed by atoms with van der Waals surface area (Å²) in [6.45, 7) is 11.8. The minimum Gasteiger partial charge on any atom is -0.466 e. The Morgan fingerprint density at radius 2 is 0.504 bits per heavy atom. The highest BCUT2D eigenvalue weighted by Gasteiger charge is 2.35. The number of carbonyl (C=O) groups excluding carboxylic acids is 19. The molecule has 11 amide bonds. The molecule has 1 aliphatic rings. The van der Waals surface area contributed by atoms with Crippen LogP contribution in [0.2, 0.25) is 0 Å². The van der Waals surface area contributed by atoms with E-state index in [-0.39, 0.29) is 111 Å². The first-order valence-electron chi connectivity index (χ1n) is 45.3.